The predicted octanol–water partition coefficient (Wildman–Crippen LogP) is 0.840. The summed E-state index contributed by atoms with van der Waals surface area (Å²) in [6.07, 6.45) is 0. The Kier molecular flexibility index (Phi) is 5.49. The maximum Gasteiger partial charge on any atom is 0.251 e. The van der Waals surface area contributed by atoms with Gasteiger partial charge in [0, 0.05) is 23.7 Å². The molecule has 7 heteroatoms. The third kappa shape index (κ3) is 5.82. The molecule has 1 amide bonds. The summed E-state index contributed by atoms with van der Waals surface area (Å²) in [5, 5.41) is 2.70. The number of benzene rings is 1. The normalized spacial score (nSPS) is 12.5. The van der Waals surface area contributed by atoms with Crippen molar-refractivity contribution in [2.24, 2.45) is 5.73 Å². The zero-order valence-corrected chi connectivity index (χ0v) is 13.6. The zero-order chi connectivity index (χ0) is 16.3. The Labute approximate surface area is 126 Å². The highest BCUT2D eigenvalue weighted by molar-refractivity contribution is 7.89. The summed E-state index contributed by atoms with van der Waals surface area (Å²) in [5.41, 5.74) is 5.68. The van der Waals surface area contributed by atoms with Crippen LogP contribution in [0.5, 0.6) is 0 Å². The smallest absolute Gasteiger partial charge is 0.251 e. The lowest BCUT2D eigenvalue weighted by Gasteiger charge is -2.18. The first-order chi connectivity index (χ1) is 9.51. The van der Waals surface area contributed by atoms with Gasteiger partial charge in [-0.15, -0.1) is 0 Å². The van der Waals surface area contributed by atoms with Crippen molar-refractivity contribution in [3.8, 4) is 0 Å². The molecule has 0 bridgehead atoms. The van der Waals surface area contributed by atoms with Gasteiger partial charge < -0.3 is 11.1 Å². The molecule has 0 aliphatic carbocycles. The van der Waals surface area contributed by atoms with Crippen LogP contribution in [0.4, 0.5) is 0 Å². The molecule has 118 valence electrons. The molecule has 0 fully saturated rings. The highest BCUT2D eigenvalue weighted by Crippen LogP contribution is 2.11. The van der Waals surface area contributed by atoms with Gasteiger partial charge in [-0.25, -0.2) is 13.1 Å². The second-order valence-electron chi connectivity index (χ2n) is 5.97. The van der Waals surface area contributed by atoms with Gasteiger partial charge in [0.15, 0.2) is 0 Å². The maximum atomic E-state index is 12.0. The maximum absolute atomic E-state index is 12.0. The number of carbonyl (C=O) groups is 1. The highest BCUT2D eigenvalue weighted by atomic mass is 32.2. The number of nitrogens with one attached hydrogen (secondary N) is 2. The van der Waals surface area contributed by atoms with Crippen LogP contribution in [0, 0.1) is 0 Å². The minimum Gasteiger partial charge on any atom is -0.350 e. The Balaban J connectivity index is 2.81. The lowest BCUT2D eigenvalue weighted by atomic mass is 10.1. The van der Waals surface area contributed by atoms with Crippen LogP contribution in [0.15, 0.2) is 29.2 Å². The van der Waals surface area contributed by atoms with E-state index >= 15 is 0 Å². The fraction of sp³-hybridized carbons (Fsp3) is 0.500. The molecule has 0 saturated heterocycles. The molecule has 0 heterocycles. The second-order valence-corrected chi connectivity index (χ2v) is 7.69. The van der Waals surface area contributed by atoms with Crippen molar-refractivity contribution in [3.05, 3.63) is 29.8 Å². The van der Waals surface area contributed by atoms with Crippen LogP contribution in [-0.2, 0) is 10.0 Å². The van der Waals surface area contributed by atoms with Gasteiger partial charge in [0.2, 0.25) is 10.0 Å². The standard InChI is InChI=1S/C14H23N3O3S/c1-10(2)17-21(19,20)12-7-5-11(6-8-12)13(18)16-9-14(3,4)15/h5-8,10,17H,9,15H2,1-4H3,(H,16,18). The molecule has 0 radical (unpaired) electrons. The van der Waals surface area contributed by atoms with Gasteiger partial charge in [0.25, 0.3) is 5.91 Å². The van der Waals surface area contributed by atoms with Crippen molar-refractivity contribution in [2.75, 3.05) is 6.54 Å². The summed E-state index contributed by atoms with van der Waals surface area (Å²) >= 11 is 0. The number of hydrogen-bond donors (Lipinski definition) is 3. The van der Waals surface area contributed by atoms with Crippen LogP contribution >= 0.6 is 0 Å². The molecule has 1 rings (SSSR count). The van der Waals surface area contributed by atoms with E-state index in [0.717, 1.165) is 0 Å². The van der Waals surface area contributed by atoms with Crippen LogP contribution in [0.25, 0.3) is 0 Å². The van der Waals surface area contributed by atoms with Crippen LogP contribution in [0.3, 0.4) is 0 Å². The molecule has 0 aromatic heterocycles. The molecule has 0 aliphatic rings. The number of amides is 1. The molecule has 21 heavy (non-hydrogen) atoms. The lowest BCUT2D eigenvalue weighted by Crippen LogP contribution is -2.45. The van der Waals surface area contributed by atoms with Crippen molar-refractivity contribution in [3.63, 3.8) is 0 Å². The average Bonchev–Trinajstić information content (AvgIpc) is 2.33. The fourth-order valence-corrected chi connectivity index (χ4v) is 2.83. The number of sulfonamides is 1. The van der Waals surface area contributed by atoms with Crippen LogP contribution in [-0.4, -0.2) is 32.5 Å². The molecule has 0 unspecified atom stereocenters. The summed E-state index contributed by atoms with van der Waals surface area (Å²) in [5.74, 6) is -0.283. The lowest BCUT2D eigenvalue weighted by molar-refractivity contribution is 0.0946. The number of rotatable bonds is 6. The molecule has 0 aliphatic heterocycles. The first kappa shape index (κ1) is 17.6. The first-order valence-corrected chi connectivity index (χ1v) is 8.19. The Bertz CT molecular complexity index is 587. The predicted molar refractivity (Wildman–Crippen MR) is 82.5 cm³/mol. The molecule has 6 nitrogen and oxygen atoms in total. The minimum absolute atomic E-state index is 0.131. The summed E-state index contributed by atoms with van der Waals surface area (Å²) in [6.45, 7) is 7.43. The fourth-order valence-electron chi connectivity index (χ4n) is 1.57. The molecule has 1 aromatic carbocycles. The molecule has 1 aromatic rings. The van der Waals surface area contributed by atoms with Crippen LogP contribution in [0.1, 0.15) is 38.1 Å². The summed E-state index contributed by atoms with van der Waals surface area (Å²) in [4.78, 5) is 12.0. The summed E-state index contributed by atoms with van der Waals surface area (Å²) in [6, 6.07) is 5.59. The van der Waals surface area contributed by atoms with Gasteiger partial charge in [-0.2, -0.15) is 0 Å². The van der Waals surface area contributed by atoms with E-state index in [0.29, 0.717) is 12.1 Å². The van der Waals surface area contributed by atoms with E-state index in [1.807, 2.05) is 0 Å². The molecule has 4 N–H and O–H groups in total. The van der Waals surface area contributed by atoms with Crippen molar-refractivity contribution in [1.82, 2.24) is 10.0 Å². The molecular formula is C14H23N3O3S. The Hall–Kier alpha value is -1.44. The van der Waals surface area contributed by atoms with Crippen molar-refractivity contribution in [1.29, 1.82) is 0 Å². The Morgan fingerprint density at radius 1 is 1.24 bits per heavy atom. The van der Waals surface area contributed by atoms with Crippen molar-refractivity contribution in [2.45, 2.75) is 44.2 Å². The van der Waals surface area contributed by atoms with Gasteiger partial charge in [0.05, 0.1) is 4.90 Å². The zero-order valence-electron chi connectivity index (χ0n) is 12.8. The topological polar surface area (TPSA) is 101 Å². The van der Waals surface area contributed by atoms with Crippen molar-refractivity contribution >= 4 is 15.9 Å². The number of hydrogen-bond acceptors (Lipinski definition) is 4. The third-order valence-electron chi connectivity index (χ3n) is 2.52. The van der Waals surface area contributed by atoms with Crippen LogP contribution in [0.2, 0.25) is 0 Å². The minimum atomic E-state index is -3.54. The second kappa shape index (κ2) is 6.55. The quantitative estimate of drug-likeness (QED) is 0.724. The molecule has 0 saturated carbocycles. The van der Waals surface area contributed by atoms with E-state index in [2.05, 4.69) is 10.0 Å². The average molecular weight is 313 g/mol. The first-order valence-electron chi connectivity index (χ1n) is 6.71. The summed E-state index contributed by atoms with van der Waals surface area (Å²) in [7, 11) is -3.54. The van der Waals surface area contributed by atoms with Gasteiger partial charge in [-0.05, 0) is 52.0 Å². The van der Waals surface area contributed by atoms with Gasteiger partial charge in [0.1, 0.15) is 0 Å². The number of nitrogens with two attached hydrogens (primary N) is 1. The molecule has 0 atom stereocenters. The SMILES string of the molecule is CC(C)NS(=O)(=O)c1ccc(C(=O)NCC(C)(C)N)cc1. The van der Waals surface area contributed by atoms with E-state index in [9.17, 15) is 13.2 Å². The largest absolute Gasteiger partial charge is 0.350 e. The van der Waals surface area contributed by atoms with E-state index in [4.69, 9.17) is 5.73 Å². The summed E-state index contributed by atoms with van der Waals surface area (Å²) < 4.78 is 26.4. The van der Waals surface area contributed by atoms with E-state index in [1.165, 1.54) is 24.3 Å². The van der Waals surface area contributed by atoms with Crippen LogP contribution < -0.4 is 15.8 Å². The van der Waals surface area contributed by atoms with Gasteiger partial charge in [-0.1, -0.05) is 0 Å². The highest BCUT2D eigenvalue weighted by Gasteiger charge is 2.17. The van der Waals surface area contributed by atoms with Gasteiger partial charge >= 0.3 is 0 Å². The van der Waals surface area contributed by atoms with E-state index < -0.39 is 15.6 Å². The van der Waals surface area contributed by atoms with E-state index in [1.54, 1.807) is 27.7 Å². The molecule has 0 spiro atoms. The molecular weight excluding hydrogens is 290 g/mol. The number of carbonyl (C=O) groups excluding carboxylic acids is 1. The Morgan fingerprint density at radius 3 is 2.19 bits per heavy atom. The van der Waals surface area contributed by atoms with Crippen molar-refractivity contribution < 1.29 is 13.2 Å². The third-order valence-corrected chi connectivity index (χ3v) is 4.20. The Morgan fingerprint density at radius 2 is 1.76 bits per heavy atom. The monoisotopic (exact) mass is 313 g/mol. The van der Waals surface area contributed by atoms with Gasteiger partial charge in [-0.3, -0.25) is 4.79 Å². The van der Waals surface area contributed by atoms with E-state index in [-0.39, 0.29) is 16.8 Å².